The Hall–Kier alpha value is -0.287. The molecule has 2 aromatic rings. The zero-order chi connectivity index (χ0) is 7.84. The molecule has 0 saturated carbocycles. The van der Waals surface area contributed by atoms with Gasteiger partial charge in [0.05, 0.1) is 0 Å². The zero-order valence-electron chi connectivity index (χ0n) is 9.39. The van der Waals surface area contributed by atoms with Gasteiger partial charge in [0, 0.05) is 0 Å². The van der Waals surface area contributed by atoms with Gasteiger partial charge in [-0.1, -0.05) is 18.6 Å². The third kappa shape index (κ3) is 2.61. The molecular formula is C13H17Zr. The summed E-state index contributed by atoms with van der Waals surface area (Å²) in [4.78, 5) is 0. The van der Waals surface area contributed by atoms with Crippen LogP contribution in [0.4, 0.5) is 0 Å². The average molecular weight is 265 g/mol. The second-order valence-electron chi connectivity index (χ2n) is 3.05. The number of aryl methyl sites for hydroxylation is 2. The molecule has 0 atom stereocenters. The van der Waals surface area contributed by atoms with Crippen molar-refractivity contribution in [3.63, 3.8) is 0 Å². The number of hydrogen-bond acceptors (Lipinski definition) is 0. The monoisotopic (exact) mass is 263 g/mol. The van der Waals surface area contributed by atoms with Crippen LogP contribution in [0.2, 0.25) is 0 Å². The van der Waals surface area contributed by atoms with Gasteiger partial charge in [-0.25, -0.2) is 0 Å². The second-order valence-corrected chi connectivity index (χ2v) is 3.05. The third-order valence-corrected chi connectivity index (χ3v) is 2.25. The van der Waals surface area contributed by atoms with Crippen molar-refractivity contribution in [1.29, 1.82) is 0 Å². The minimum atomic E-state index is 0. The third-order valence-electron chi connectivity index (χ3n) is 2.25. The Labute approximate surface area is 107 Å². The van der Waals surface area contributed by atoms with Crippen LogP contribution in [-0.4, -0.2) is 0 Å². The fourth-order valence-electron chi connectivity index (χ4n) is 1.54. The van der Waals surface area contributed by atoms with Gasteiger partial charge >= 0.3 is 26.2 Å². The van der Waals surface area contributed by atoms with Crippen molar-refractivity contribution in [2.75, 3.05) is 0 Å². The van der Waals surface area contributed by atoms with Gasteiger partial charge in [-0.3, -0.25) is 0 Å². The smallest absolute Gasteiger partial charge is 0.358 e. The van der Waals surface area contributed by atoms with Crippen LogP contribution in [0.1, 0.15) is 11.1 Å². The van der Waals surface area contributed by atoms with Gasteiger partial charge in [-0.2, -0.15) is 12.1 Å². The Kier molecular flexibility index (Phi) is 7.21. The van der Waals surface area contributed by atoms with E-state index in [1.807, 2.05) is 0 Å². The topological polar surface area (TPSA) is 0 Å². The Morgan fingerprint density at radius 2 is 1.71 bits per heavy atom. The van der Waals surface area contributed by atoms with Crippen molar-refractivity contribution in [3.05, 3.63) is 56.3 Å². The maximum absolute atomic E-state index is 2.19. The van der Waals surface area contributed by atoms with Gasteiger partial charge in [-0.15, -0.1) is 28.5 Å². The molecular weight excluding hydrogens is 247 g/mol. The Morgan fingerprint density at radius 3 is 2.29 bits per heavy atom. The van der Waals surface area contributed by atoms with Crippen LogP contribution in [-0.2, 0) is 26.2 Å². The first-order valence-electron chi connectivity index (χ1n) is 3.90. The summed E-state index contributed by atoms with van der Waals surface area (Å²) in [6, 6.07) is 10.8. The predicted molar refractivity (Wildman–Crippen MR) is 61.8 cm³/mol. The molecule has 0 N–H and O–H groups in total. The van der Waals surface area contributed by atoms with Crippen LogP contribution in [0.25, 0.3) is 10.8 Å². The van der Waals surface area contributed by atoms with Gasteiger partial charge in [-0.05, 0) is 6.92 Å². The maximum atomic E-state index is 2.19. The van der Waals surface area contributed by atoms with Gasteiger partial charge in [0.15, 0.2) is 0 Å². The van der Waals surface area contributed by atoms with E-state index < -0.39 is 0 Å². The molecule has 1 heteroatoms. The van der Waals surface area contributed by atoms with Crippen LogP contribution in [0.15, 0.2) is 30.3 Å². The summed E-state index contributed by atoms with van der Waals surface area (Å²) in [6.45, 7) is 4.31. The van der Waals surface area contributed by atoms with Gasteiger partial charge < -0.3 is 14.9 Å². The van der Waals surface area contributed by atoms with Crippen LogP contribution in [0.3, 0.4) is 0 Å². The zero-order valence-corrected chi connectivity index (χ0v) is 11.8. The molecule has 0 aliphatic heterocycles. The molecule has 0 aliphatic rings. The van der Waals surface area contributed by atoms with E-state index in [2.05, 4.69) is 44.2 Å². The molecule has 0 aliphatic carbocycles. The Morgan fingerprint density at radius 1 is 1.07 bits per heavy atom. The number of rotatable bonds is 0. The molecule has 0 nitrogen and oxygen atoms in total. The largest absolute Gasteiger partial charge is 3.00 e. The Balaban J connectivity index is 0. The molecule has 1 radical (unpaired) electrons. The first-order valence-corrected chi connectivity index (χ1v) is 3.90. The van der Waals surface area contributed by atoms with Crippen molar-refractivity contribution in [1.82, 2.24) is 0 Å². The van der Waals surface area contributed by atoms with E-state index in [0.717, 1.165) is 0 Å². The average Bonchev–Trinajstić information content (AvgIpc) is 2.35. The van der Waals surface area contributed by atoms with Crippen LogP contribution >= 0.6 is 0 Å². The minimum absolute atomic E-state index is 0. The normalized spacial score (nSPS) is 8.43. The van der Waals surface area contributed by atoms with Gasteiger partial charge in [0.2, 0.25) is 0 Å². The van der Waals surface area contributed by atoms with Crippen molar-refractivity contribution in [2.24, 2.45) is 0 Å². The van der Waals surface area contributed by atoms with Gasteiger partial charge in [0.25, 0.3) is 0 Å². The van der Waals surface area contributed by atoms with E-state index in [1.54, 1.807) is 0 Å². The molecule has 14 heavy (non-hydrogen) atoms. The number of hydrogen-bond donors (Lipinski definition) is 0. The van der Waals surface area contributed by atoms with E-state index in [9.17, 15) is 0 Å². The van der Waals surface area contributed by atoms with Crippen LogP contribution in [0.5, 0.6) is 0 Å². The minimum Gasteiger partial charge on any atom is -0.358 e. The molecule has 0 saturated heterocycles. The molecule has 73 valence electrons. The standard InChI is InChI=1S/C11H11.2CH3.Zr/c1-8-4-3-5-10-9(2)6-7-11(8)10;;;/h3-7H,1-2H3;2*1H3;/q3*-1;+3. The quantitative estimate of drug-likeness (QED) is 0.629. The van der Waals surface area contributed by atoms with Crippen molar-refractivity contribution in [3.8, 4) is 0 Å². The number of benzene rings is 1. The summed E-state index contributed by atoms with van der Waals surface area (Å²) < 4.78 is 0. The van der Waals surface area contributed by atoms with E-state index in [4.69, 9.17) is 0 Å². The fraction of sp³-hybridized carbons (Fsp3) is 0.154. The summed E-state index contributed by atoms with van der Waals surface area (Å²) in [5, 5.41) is 2.79. The van der Waals surface area contributed by atoms with Crippen LogP contribution in [0, 0.1) is 28.7 Å². The molecule has 2 rings (SSSR count). The molecule has 0 unspecified atom stereocenters. The summed E-state index contributed by atoms with van der Waals surface area (Å²) in [5.41, 5.74) is 2.75. The molecule has 0 amide bonds. The summed E-state index contributed by atoms with van der Waals surface area (Å²) in [6.07, 6.45) is 0. The van der Waals surface area contributed by atoms with Crippen molar-refractivity contribution >= 4 is 10.8 Å². The molecule has 0 fully saturated rings. The summed E-state index contributed by atoms with van der Waals surface area (Å²) >= 11 is 0. The van der Waals surface area contributed by atoms with E-state index in [1.165, 1.54) is 21.9 Å². The fourth-order valence-corrected chi connectivity index (χ4v) is 1.54. The summed E-state index contributed by atoms with van der Waals surface area (Å²) in [7, 11) is 0. The first-order chi connectivity index (χ1) is 5.29. The molecule has 0 aromatic heterocycles. The van der Waals surface area contributed by atoms with E-state index >= 15 is 0 Å². The Bertz CT molecular complexity index is 385. The first kappa shape index (κ1) is 16.2. The number of fused-ring (bicyclic) bond motifs is 1. The molecule has 2 aromatic carbocycles. The summed E-state index contributed by atoms with van der Waals surface area (Å²) in [5.74, 6) is 0. The van der Waals surface area contributed by atoms with Gasteiger partial charge in [0.1, 0.15) is 0 Å². The maximum Gasteiger partial charge on any atom is 3.00 e. The second kappa shape index (κ2) is 6.24. The molecule has 0 spiro atoms. The van der Waals surface area contributed by atoms with E-state index in [0.29, 0.717) is 0 Å². The van der Waals surface area contributed by atoms with Crippen LogP contribution < -0.4 is 0 Å². The SMILES string of the molecule is Cc1cccc2c1cc[c-]2C.[CH3-].[CH3-].[Zr+3]. The molecule has 0 bridgehead atoms. The molecule has 0 heterocycles. The van der Waals surface area contributed by atoms with Crippen molar-refractivity contribution < 1.29 is 26.2 Å². The van der Waals surface area contributed by atoms with Crippen molar-refractivity contribution in [2.45, 2.75) is 13.8 Å². The predicted octanol–water partition coefficient (Wildman–Crippen LogP) is 4.07. The van der Waals surface area contributed by atoms with E-state index in [-0.39, 0.29) is 41.1 Å².